The molecule has 0 aliphatic heterocycles. The molecule has 3 heterocycles. The maximum atomic E-state index is 12.1. The lowest BCUT2D eigenvalue weighted by Gasteiger charge is -2.11. The Labute approximate surface area is 136 Å². The van der Waals surface area contributed by atoms with Gasteiger partial charge >= 0.3 is 0 Å². The van der Waals surface area contributed by atoms with E-state index in [0.29, 0.717) is 0 Å². The molecule has 114 valence electrons. The molecule has 1 amide bonds. The topological polar surface area (TPSA) is 55.1 Å². The lowest BCUT2D eigenvalue weighted by Crippen LogP contribution is -2.27. The highest BCUT2D eigenvalue weighted by atomic mass is 32.1. The van der Waals surface area contributed by atoms with Crippen LogP contribution in [0.25, 0.3) is 10.8 Å². The molecule has 0 radical (unpaired) electrons. The smallest absolute Gasteiger partial charge is 0.226 e. The number of carbonyl (C=O) groups excluding carboxylic acids is 1. The van der Waals surface area contributed by atoms with Crippen molar-refractivity contribution in [2.75, 3.05) is 0 Å². The quantitative estimate of drug-likeness (QED) is 0.762. The van der Waals surface area contributed by atoms with E-state index in [2.05, 4.69) is 10.3 Å². The predicted molar refractivity (Wildman–Crippen MR) is 89.1 cm³/mol. The number of amides is 1. The van der Waals surface area contributed by atoms with Crippen LogP contribution in [0.4, 0.5) is 0 Å². The summed E-state index contributed by atoms with van der Waals surface area (Å²) in [7, 11) is 0. The molecular weight excluding hydrogens is 316 g/mol. The van der Waals surface area contributed by atoms with E-state index in [1.165, 1.54) is 11.3 Å². The Bertz CT molecular complexity index is 759. The summed E-state index contributed by atoms with van der Waals surface area (Å²) in [6, 6.07) is 7.84. The third-order valence-electron chi connectivity index (χ3n) is 3.19. The molecule has 1 N–H and O–H groups in total. The Morgan fingerprint density at radius 2 is 2.23 bits per heavy atom. The van der Waals surface area contributed by atoms with Crippen LogP contribution in [0.15, 0.2) is 39.4 Å². The third kappa shape index (κ3) is 3.45. The largest absolute Gasteiger partial charge is 0.459 e. The highest BCUT2D eigenvalue weighted by molar-refractivity contribution is 7.13. The van der Waals surface area contributed by atoms with Gasteiger partial charge in [-0.3, -0.25) is 4.79 Å². The molecule has 0 fully saturated rings. The van der Waals surface area contributed by atoms with Crippen molar-refractivity contribution in [2.45, 2.75) is 26.3 Å². The van der Waals surface area contributed by atoms with Gasteiger partial charge in [-0.25, -0.2) is 4.98 Å². The molecule has 6 heteroatoms. The Hall–Kier alpha value is -1.92. The number of thiophene rings is 1. The van der Waals surface area contributed by atoms with Crippen molar-refractivity contribution < 1.29 is 9.21 Å². The van der Waals surface area contributed by atoms with Gasteiger partial charge in [0.2, 0.25) is 5.91 Å². The van der Waals surface area contributed by atoms with Crippen LogP contribution in [0, 0.1) is 6.92 Å². The number of thiazole rings is 1. The Morgan fingerprint density at radius 1 is 1.36 bits per heavy atom. The first kappa shape index (κ1) is 15.0. The standard InChI is InChI=1S/C16H16N2O2S2/c1-10-5-6-13(20-10)16-18-12(9-22-16)8-15(19)17-11(2)14-4-3-7-21-14/h3-7,9,11H,8H2,1-2H3,(H,17,19)/t11-/m1/s1. The van der Waals surface area contributed by atoms with E-state index >= 15 is 0 Å². The van der Waals surface area contributed by atoms with E-state index < -0.39 is 0 Å². The van der Waals surface area contributed by atoms with Crippen molar-refractivity contribution in [3.8, 4) is 10.8 Å². The van der Waals surface area contributed by atoms with E-state index in [0.717, 1.165) is 27.1 Å². The molecule has 0 bridgehead atoms. The Morgan fingerprint density at radius 3 is 2.91 bits per heavy atom. The normalized spacial score (nSPS) is 12.3. The molecule has 3 aromatic heterocycles. The predicted octanol–water partition coefficient (Wildman–Crippen LogP) is 4.19. The highest BCUT2D eigenvalue weighted by Gasteiger charge is 2.14. The van der Waals surface area contributed by atoms with Crippen LogP contribution in [0.5, 0.6) is 0 Å². The summed E-state index contributed by atoms with van der Waals surface area (Å²) in [6.07, 6.45) is 0.284. The molecule has 0 unspecified atom stereocenters. The van der Waals surface area contributed by atoms with E-state index in [1.54, 1.807) is 11.3 Å². The number of hydrogen-bond acceptors (Lipinski definition) is 5. The first-order valence-corrected chi connectivity index (χ1v) is 8.72. The fourth-order valence-electron chi connectivity index (χ4n) is 2.12. The fourth-order valence-corrected chi connectivity index (χ4v) is 3.63. The van der Waals surface area contributed by atoms with E-state index in [1.807, 2.05) is 48.9 Å². The zero-order valence-electron chi connectivity index (χ0n) is 12.3. The van der Waals surface area contributed by atoms with Gasteiger partial charge in [0, 0.05) is 10.3 Å². The number of aryl methyl sites for hydroxylation is 1. The minimum absolute atomic E-state index is 0.0200. The van der Waals surface area contributed by atoms with E-state index in [9.17, 15) is 4.79 Å². The van der Waals surface area contributed by atoms with Gasteiger partial charge in [-0.2, -0.15) is 0 Å². The van der Waals surface area contributed by atoms with Gasteiger partial charge in [0.1, 0.15) is 5.76 Å². The maximum absolute atomic E-state index is 12.1. The molecule has 0 aliphatic rings. The number of nitrogens with one attached hydrogen (secondary N) is 1. The Balaban J connectivity index is 1.61. The molecule has 1 atom stereocenters. The van der Waals surface area contributed by atoms with Crippen LogP contribution in [-0.2, 0) is 11.2 Å². The van der Waals surface area contributed by atoms with Crippen molar-refractivity contribution in [3.05, 3.63) is 51.4 Å². The summed E-state index contributed by atoms with van der Waals surface area (Å²) in [5.74, 6) is 1.59. The molecule has 0 spiro atoms. The molecule has 3 rings (SSSR count). The van der Waals surface area contributed by atoms with Gasteiger partial charge in [0.05, 0.1) is 18.2 Å². The maximum Gasteiger partial charge on any atom is 0.226 e. The number of furan rings is 1. The summed E-state index contributed by atoms with van der Waals surface area (Å²) < 4.78 is 5.55. The zero-order valence-corrected chi connectivity index (χ0v) is 14.0. The summed E-state index contributed by atoms with van der Waals surface area (Å²) >= 11 is 3.13. The van der Waals surface area contributed by atoms with Crippen LogP contribution in [0.1, 0.15) is 29.3 Å². The van der Waals surface area contributed by atoms with Crippen LogP contribution in [0.3, 0.4) is 0 Å². The van der Waals surface area contributed by atoms with Gasteiger partial charge in [0.25, 0.3) is 0 Å². The van der Waals surface area contributed by atoms with Gasteiger partial charge in [-0.1, -0.05) is 6.07 Å². The van der Waals surface area contributed by atoms with Crippen LogP contribution in [-0.4, -0.2) is 10.9 Å². The monoisotopic (exact) mass is 332 g/mol. The van der Waals surface area contributed by atoms with Gasteiger partial charge < -0.3 is 9.73 Å². The molecule has 3 aromatic rings. The fraction of sp³-hybridized carbons (Fsp3) is 0.250. The van der Waals surface area contributed by atoms with Crippen molar-refractivity contribution >= 4 is 28.6 Å². The lowest BCUT2D eigenvalue weighted by molar-refractivity contribution is -0.121. The van der Waals surface area contributed by atoms with Gasteiger partial charge in [-0.15, -0.1) is 22.7 Å². The minimum Gasteiger partial charge on any atom is -0.459 e. The molecule has 0 aromatic carbocycles. The number of rotatable bonds is 5. The van der Waals surface area contributed by atoms with Crippen LogP contribution in [0.2, 0.25) is 0 Å². The number of hydrogen-bond donors (Lipinski definition) is 1. The first-order chi connectivity index (χ1) is 10.6. The van der Waals surface area contributed by atoms with Crippen molar-refractivity contribution in [1.29, 1.82) is 0 Å². The second-order valence-corrected chi connectivity index (χ2v) is 6.87. The first-order valence-electron chi connectivity index (χ1n) is 6.96. The molecule has 0 saturated carbocycles. The zero-order chi connectivity index (χ0) is 15.5. The van der Waals surface area contributed by atoms with Crippen LogP contribution < -0.4 is 5.32 Å². The van der Waals surface area contributed by atoms with E-state index in [4.69, 9.17) is 4.42 Å². The minimum atomic E-state index is -0.0200. The van der Waals surface area contributed by atoms with Crippen molar-refractivity contribution in [3.63, 3.8) is 0 Å². The SMILES string of the molecule is Cc1ccc(-c2nc(CC(=O)N[C@H](C)c3cccs3)cs2)o1. The van der Waals surface area contributed by atoms with Crippen LogP contribution >= 0.6 is 22.7 Å². The Kier molecular flexibility index (Phi) is 4.40. The second kappa shape index (κ2) is 6.46. The molecule has 22 heavy (non-hydrogen) atoms. The van der Waals surface area contributed by atoms with Crippen molar-refractivity contribution in [1.82, 2.24) is 10.3 Å². The molecule has 4 nitrogen and oxygen atoms in total. The summed E-state index contributed by atoms with van der Waals surface area (Å²) in [5, 5.41) is 7.72. The average Bonchev–Trinajstić information content (AvgIpc) is 3.18. The van der Waals surface area contributed by atoms with Gasteiger partial charge in [0.15, 0.2) is 10.8 Å². The summed E-state index contributed by atoms with van der Waals surface area (Å²) in [5.41, 5.74) is 0.768. The molecule has 0 saturated heterocycles. The number of aromatic nitrogens is 1. The summed E-state index contributed by atoms with van der Waals surface area (Å²) in [4.78, 5) is 17.7. The van der Waals surface area contributed by atoms with E-state index in [-0.39, 0.29) is 18.4 Å². The molecule has 0 aliphatic carbocycles. The van der Waals surface area contributed by atoms with Gasteiger partial charge in [-0.05, 0) is 37.4 Å². The number of nitrogens with zero attached hydrogens (tertiary/aromatic N) is 1. The number of carbonyl (C=O) groups is 1. The molecular formula is C16H16N2O2S2. The third-order valence-corrected chi connectivity index (χ3v) is 5.15. The lowest BCUT2D eigenvalue weighted by atomic mass is 10.2. The second-order valence-electron chi connectivity index (χ2n) is 5.04. The van der Waals surface area contributed by atoms with Crippen molar-refractivity contribution in [2.24, 2.45) is 0 Å². The average molecular weight is 332 g/mol. The highest BCUT2D eigenvalue weighted by Crippen LogP contribution is 2.26. The summed E-state index contributed by atoms with van der Waals surface area (Å²) in [6.45, 7) is 3.89.